The van der Waals surface area contributed by atoms with Gasteiger partial charge in [-0.1, -0.05) is 6.92 Å². The minimum atomic E-state index is -1.84. The van der Waals surface area contributed by atoms with E-state index >= 15 is 0 Å². The third-order valence-electron chi connectivity index (χ3n) is 3.84. The molecule has 0 fully saturated rings. The van der Waals surface area contributed by atoms with Gasteiger partial charge in [0.1, 0.15) is 28.9 Å². The fraction of sp³-hybridized carbons (Fsp3) is 0.389. The van der Waals surface area contributed by atoms with Crippen molar-refractivity contribution in [2.75, 3.05) is 7.11 Å². The smallest absolute Gasteiger partial charge is 0.149 e. The van der Waals surface area contributed by atoms with E-state index in [0.29, 0.717) is 17.1 Å². The average Bonchev–Trinajstić information content (AvgIpc) is 2.50. The van der Waals surface area contributed by atoms with Crippen LogP contribution in [0.15, 0.2) is 24.0 Å². The Bertz CT molecular complexity index is 714. The lowest BCUT2D eigenvalue weighted by molar-refractivity contribution is -0.301. The Morgan fingerprint density at radius 3 is 2.57 bits per heavy atom. The van der Waals surface area contributed by atoms with Crippen LogP contribution in [0, 0.1) is 0 Å². The summed E-state index contributed by atoms with van der Waals surface area (Å²) < 4.78 is 25.0. The van der Waals surface area contributed by atoms with Crippen LogP contribution >= 0.6 is 0 Å². The van der Waals surface area contributed by atoms with Crippen LogP contribution in [0.5, 0.6) is 11.5 Å². The quantitative estimate of drug-likeness (QED) is 0.800. The highest BCUT2D eigenvalue weighted by atomic mass is 19.1. The lowest BCUT2D eigenvalue weighted by atomic mass is 9.90. The normalized spacial score (nSPS) is 16.7. The molecule has 0 unspecified atom stereocenters. The van der Waals surface area contributed by atoms with Crippen molar-refractivity contribution in [3.63, 3.8) is 0 Å². The third kappa shape index (κ3) is 3.23. The molecule has 0 aromatic heterocycles. The van der Waals surface area contributed by atoms with Gasteiger partial charge in [-0.15, -0.1) is 0 Å². The zero-order valence-corrected chi connectivity index (χ0v) is 14.0. The Morgan fingerprint density at radius 1 is 1.39 bits per heavy atom. The summed E-state index contributed by atoms with van der Waals surface area (Å²) in [5.41, 5.74) is 1.75. The van der Waals surface area contributed by atoms with Gasteiger partial charge in [0.25, 0.3) is 0 Å². The first-order valence-electron chi connectivity index (χ1n) is 7.41. The van der Waals surface area contributed by atoms with Crippen molar-refractivity contribution < 1.29 is 23.8 Å². The second-order valence-electron chi connectivity index (χ2n) is 6.00. The van der Waals surface area contributed by atoms with E-state index in [1.54, 1.807) is 12.1 Å². The van der Waals surface area contributed by atoms with E-state index < -0.39 is 17.4 Å². The molecule has 0 saturated carbocycles. The number of carbonyl (C=O) groups is 1. The van der Waals surface area contributed by atoms with E-state index in [9.17, 15) is 14.3 Å². The number of allylic oxidation sites excluding steroid dienone is 2. The molecule has 0 spiro atoms. The highest BCUT2D eigenvalue weighted by molar-refractivity contribution is 5.94. The predicted molar refractivity (Wildman–Crippen MR) is 84.7 cm³/mol. The minimum Gasteiger partial charge on any atom is -0.542 e. The SMILES string of the molecule is CCC1=CC(C)(C)Oc2cc(OC)c(/C(C)=C(/F)C(=O)[O-])cc21. The Balaban J connectivity index is 2.70. The molecule has 1 aromatic carbocycles. The van der Waals surface area contributed by atoms with Crippen molar-refractivity contribution in [1.82, 2.24) is 0 Å². The lowest BCUT2D eigenvalue weighted by Crippen LogP contribution is -2.29. The molecule has 23 heavy (non-hydrogen) atoms. The number of rotatable bonds is 4. The van der Waals surface area contributed by atoms with Gasteiger partial charge >= 0.3 is 0 Å². The maximum Gasteiger partial charge on any atom is 0.149 e. The number of hydrogen-bond acceptors (Lipinski definition) is 4. The number of hydrogen-bond donors (Lipinski definition) is 0. The first-order valence-corrected chi connectivity index (χ1v) is 7.41. The van der Waals surface area contributed by atoms with Gasteiger partial charge in [-0.2, -0.15) is 0 Å². The molecule has 1 aromatic rings. The van der Waals surface area contributed by atoms with Gasteiger partial charge in [0.15, 0.2) is 0 Å². The highest BCUT2D eigenvalue weighted by Crippen LogP contribution is 2.43. The second-order valence-corrected chi connectivity index (χ2v) is 6.00. The van der Waals surface area contributed by atoms with Crippen LogP contribution in [0.1, 0.15) is 45.2 Å². The molecule has 1 aliphatic heterocycles. The van der Waals surface area contributed by atoms with Crippen molar-refractivity contribution in [3.05, 3.63) is 35.2 Å². The molecule has 0 aliphatic carbocycles. The molecule has 4 nitrogen and oxygen atoms in total. The molecular formula is C18H20FO4-. The van der Waals surface area contributed by atoms with E-state index in [4.69, 9.17) is 9.47 Å². The number of benzene rings is 1. The summed E-state index contributed by atoms with van der Waals surface area (Å²) in [5.74, 6) is -2.16. The number of carboxylic acid groups (broad SMARTS) is 1. The van der Waals surface area contributed by atoms with Crippen LogP contribution in [0.25, 0.3) is 11.1 Å². The molecule has 2 rings (SSSR count). The number of ether oxygens (including phenoxy) is 2. The molecule has 1 aliphatic rings. The van der Waals surface area contributed by atoms with E-state index in [1.807, 2.05) is 26.8 Å². The van der Waals surface area contributed by atoms with Gasteiger partial charge < -0.3 is 19.4 Å². The Hall–Kier alpha value is -2.30. The molecule has 1 heterocycles. The highest BCUT2D eigenvalue weighted by Gasteiger charge is 2.27. The van der Waals surface area contributed by atoms with Crippen molar-refractivity contribution >= 4 is 17.1 Å². The molecule has 5 heteroatoms. The fourth-order valence-electron chi connectivity index (χ4n) is 2.73. The lowest BCUT2D eigenvalue weighted by Gasteiger charge is -2.32. The van der Waals surface area contributed by atoms with Crippen LogP contribution in [-0.2, 0) is 4.79 Å². The van der Waals surface area contributed by atoms with Gasteiger partial charge in [0.2, 0.25) is 0 Å². The summed E-state index contributed by atoms with van der Waals surface area (Å²) >= 11 is 0. The number of carboxylic acids is 1. The number of carbonyl (C=O) groups excluding carboxylic acids is 1. The van der Waals surface area contributed by atoms with Crippen molar-refractivity contribution in [3.8, 4) is 11.5 Å². The number of aliphatic carboxylic acids is 1. The van der Waals surface area contributed by atoms with Crippen LogP contribution in [0.4, 0.5) is 4.39 Å². The fourth-order valence-corrected chi connectivity index (χ4v) is 2.73. The van der Waals surface area contributed by atoms with E-state index in [1.165, 1.54) is 14.0 Å². The maximum atomic E-state index is 13.8. The van der Waals surface area contributed by atoms with Crippen molar-refractivity contribution in [2.24, 2.45) is 0 Å². The van der Waals surface area contributed by atoms with Gasteiger partial charge in [0, 0.05) is 17.2 Å². The van der Waals surface area contributed by atoms with Gasteiger partial charge in [-0.05, 0) is 50.5 Å². The number of methoxy groups -OCH3 is 1. The van der Waals surface area contributed by atoms with Gasteiger partial charge in [-0.25, -0.2) is 4.39 Å². The Morgan fingerprint density at radius 2 is 2.04 bits per heavy atom. The van der Waals surface area contributed by atoms with Gasteiger partial charge in [0.05, 0.1) is 7.11 Å². The Kier molecular flexibility index (Phi) is 4.50. The summed E-state index contributed by atoms with van der Waals surface area (Å²) in [6, 6.07) is 3.37. The monoisotopic (exact) mass is 319 g/mol. The van der Waals surface area contributed by atoms with Crippen molar-refractivity contribution in [1.29, 1.82) is 0 Å². The molecule has 0 saturated heterocycles. The van der Waals surface area contributed by atoms with Crippen LogP contribution in [-0.4, -0.2) is 18.7 Å². The van der Waals surface area contributed by atoms with Gasteiger partial charge in [-0.3, -0.25) is 0 Å². The summed E-state index contributed by atoms with van der Waals surface area (Å²) in [5, 5.41) is 10.8. The Labute approximate surface area is 135 Å². The maximum absolute atomic E-state index is 13.8. The molecule has 0 atom stereocenters. The van der Waals surface area contributed by atoms with Crippen molar-refractivity contribution in [2.45, 2.75) is 39.7 Å². The largest absolute Gasteiger partial charge is 0.542 e. The second kappa shape index (κ2) is 6.07. The van der Waals surface area contributed by atoms with E-state index in [2.05, 4.69) is 0 Å². The molecular weight excluding hydrogens is 299 g/mol. The zero-order chi connectivity index (χ0) is 17.4. The minimum absolute atomic E-state index is 0.0371. The molecule has 124 valence electrons. The van der Waals surface area contributed by atoms with Crippen LogP contribution in [0.3, 0.4) is 0 Å². The first-order chi connectivity index (χ1) is 10.7. The standard InChI is InChI=1S/C18H21FO4/c1-6-11-9-18(3,4)23-15-8-14(22-5)12(7-13(11)15)10(2)16(19)17(20)21/h7-9H,6H2,1-5H3,(H,20,21)/p-1/b16-10+. The predicted octanol–water partition coefficient (Wildman–Crippen LogP) is 3.11. The van der Waals surface area contributed by atoms with Crippen LogP contribution < -0.4 is 14.6 Å². The third-order valence-corrected chi connectivity index (χ3v) is 3.84. The average molecular weight is 319 g/mol. The summed E-state index contributed by atoms with van der Waals surface area (Å²) in [4.78, 5) is 10.8. The zero-order valence-electron chi connectivity index (χ0n) is 14.0. The summed E-state index contributed by atoms with van der Waals surface area (Å²) in [6.45, 7) is 7.31. The van der Waals surface area contributed by atoms with E-state index in [0.717, 1.165) is 17.6 Å². The summed E-state index contributed by atoms with van der Waals surface area (Å²) in [6.07, 6.45) is 2.79. The molecule has 0 bridgehead atoms. The molecule has 0 amide bonds. The summed E-state index contributed by atoms with van der Waals surface area (Å²) in [7, 11) is 1.44. The van der Waals surface area contributed by atoms with Crippen LogP contribution in [0.2, 0.25) is 0 Å². The van der Waals surface area contributed by atoms with E-state index in [-0.39, 0.29) is 5.57 Å². The molecule has 0 radical (unpaired) electrons. The number of fused-ring (bicyclic) bond motifs is 1. The first kappa shape index (κ1) is 17.1. The molecule has 0 N–H and O–H groups in total. The topological polar surface area (TPSA) is 58.6 Å². The number of halogens is 1.